The van der Waals surface area contributed by atoms with Crippen molar-refractivity contribution < 1.29 is 9.47 Å². The number of hydrogen-bond donors (Lipinski definition) is 0. The number of ether oxygens (including phenoxy) is 2. The van der Waals surface area contributed by atoms with Crippen molar-refractivity contribution in [3.05, 3.63) is 77.9 Å². The van der Waals surface area contributed by atoms with Gasteiger partial charge in [-0.2, -0.15) is 0 Å². The highest BCUT2D eigenvalue weighted by atomic mass is 16.5. The van der Waals surface area contributed by atoms with Crippen LogP contribution in [0.4, 0.5) is 0 Å². The topological polar surface area (TPSA) is 36.3 Å². The minimum absolute atomic E-state index is 0.452. The average Bonchev–Trinajstić information content (AvgIpc) is 3.17. The summed E-state index contributed by atoms with van der Waals surface area (Å²) in [6, 6.07) is 22.9. The lowest BCUT2D eigenvalue weighted by Crippen LogP contribution is -2.05. The van der Waals surface area contributed by atoms with E-state index in [-0.39, 0.29) is 0 Å². The fraction of sp³-hybridized carbons (Fsp3) is 0.321. The van der Waals surface area contributed by atoms with Crippen LogP contribution in [0.1, 0.15) is 43.7 Å². The van der Waals surface area contributed by atoms with Crippen molar-refractivity contribution in [1.82, 2.24) is 9.55 Å². The number of methoxy groups -OCH3 is 1. The predicted molar refractivity (Wildman–Crippen MR) is 132 cm³/mol. The zero-order valence-corrected chi connectivity index (χ0v) is 19.5. The Morgan fingerprint density at radius 1 is 0.938 bits per heavy atom. The van der Waals surface area contributed by atoms with Crippen LogP contribution in [0.5, 0.6) is 11.5 Å². The lowest BCUT2D eigenvalue weighted by Gasteiger charge is -2.15. The molecule has 0 N–H and O–H groups in total. The first kappa shape index (κ1) is 21.9. The third kappa shape index (κ3) is 4.80. The van der Waals surface area contributed by atoms with Crippen LogP contribution in [-0.4, -0.2) is 23.3 Å². The molecule has 0 amide bonds. The summed E-state index contributed by atoms with van der Waals surface area (Å²) in [5.74, 6) is 3.29. The molecule has 4 aromatic rings. The predicted octanol–water partition coefficient (Wildman–Crippen LogP) is 7.00. The third-order valence-electron chi connectivity index (χ3n) is 5.81. The number of imidazole rings is 1. The number of fused-ring (bicyclic) bond motifs is 1. The summed E-state index contributed by atoms with van der Waals surface area (Å²) >= 11 is 0. The van der Waals surface area contributed by atoms with Gasteiger partial charge < -0.3 is 14.0 Å². The van der Waals surface area contributed by atoms with Crippen molar-refractivity contribution in [2.24, 2.45) is 0 Å². The van der Waals surface area contributed by atoms with E-state index in [1.54, 1.807) is 7.11 Å². The first-order valence-electron chi connectivity index (χ1n) is 11.4. The van der Waals surface area contributed by atoms with E-state index in [0.717, 1.165) is 53.3 Å². The number of benzene rings is 3. The molecule has 0 unspecified atom stereocenters. The maximum Gasteiger partial charge on any atom is 0.141 e. The Labute approximate surface area is 190 Å². The fourth-order valence-corrected chi connectivity index (χ4v) is 4.08. The second-order valence-electron chi connectivity index (χ2n) is 8.56. The second-order valence-corrected chi connectivity index (χ2v) is 8.56. The molecule has 0 aliphatic heterocycles. The van der Waals surface area contributed by atoms with Gasteiger partial charge in [-0.3, -0.25) is 0 Å². The molecule has 3 aromatic carbocycles. The van der Waals surface area contributed by atoms with E-state index in [0.29, 0.717) is 12.5 Å². The maximum atomic E-state index is 6.19. The first-order valence-corrected chi connectivity index (χ1v) is 11.4. The molecule has 4 rings (SSSR count). The highest BCUT2D eigenvalue weighted by Crippen LogP contribution is 2.29. The van der Waals surface area contributed by atoms with Crippen molar-refractivity contribution in [2.75, 3.05) is 13.7 Å². The standard InChI is InChI=1S/C28H32N2O2/c1-20(2)24-15-14-21(3)18-27(24)32-17-8-7-16-30-26-13-6-5-12-25(26)29-28(30)22-10-9-11-23(19-22)31-4/h5-6,9-15,18-20H,7-8,16-17H2,1-4H3. The summed E-state index contributed by atoms with van der Waals surface area (Å²) in [4.78, 5) is 4.92. The number of para-hydroxylation sites is 2. The van der Waals surface area contributed by atoms with Gasteiger partial charge in [0.05, 0.1) is 24.8 Å². The molecule has 0 aliphatic rings. The molecule has 1 aromatic heterocycles. The van der Waals surface area contributed by atoms with E-state index in [1.807, 2.05) is 24.3 Å². The zero-order chi connectivity index (χ0) is 22.5. The molecule has 0 spiro atoms. The molecular formula is C28H32N2O2. The molecule has 0 radical (unpaired) electrons. The second kappa shape index (κ2) is 9.90. The Morgan fingerprint density at radius 3 is 2.59 bits per heavy atom. The first-order chi connectivity index (χ1) is 15.6. The molecule has 0 saturated carbocycles. The van der Waals surface area contributed by atoms with Crippen molar-refractivity contribution in [3.8, 4) is 22.9 Å². The molecule has 32 heavy (non-hydrogen) atoms. The van der Waals surface area contributed by atoms with Gasteiger partial charge in [-0.25, -0.2) is 4.98 Å². The molecule has 166 valence electrons. The quantitative estimate of drug-likeness (QED) is 0.269. The Kier molecular flexibility index (Phi) is 6.79. The molecule has 0 aliphatic carbocycles. The van der Waals surface area contributed by atoms with Gasteiger partial charge in [0.2, 0.25) is 0 Å². The molecule has 4 heteroatoms. The minimum Gasteiger partial charge on any atom is -0.497 e. The van der Waals surface area contributed by atoms with Gasteiger partial charge in [-0.1, -0.05) is 50.2 Å². The van der Waals surface area contributed by atoms with Crippen LogP contribution in [0.15, 0.2) is 66.7 Å². The van der Waals surface area contributed by atoms with Crippen molar-refractivity contribution >= 4 is 11.0 Å². The van der Waals surface area contributed by atoms with Gasteiger partial charge in [-0.05, 0) is 67.1 Å². The smallest absolute Gasteiger partial charge is 0.141 e. The Bertz CT molecular complexity index is 1190. The van der Waals surface area contributed by atoms with Gasteiger partial charge >= 0.3 is 0 Å². The molecular weight excluding hydrogens is 396 g/mol. The molecule has 1 heterocycles. The molecule has 0 fully saturated rings. The van der Waals surface area contributed by atoms with Crippen LogP contribution in [-0.2, 0) is 6.54 Å². The van der Waals surface area contributed by atoms with Crippen molar-refractivity contribution in [2.45, 2.75) is 46.1 Å². The lowest BCUT2D eigenvalue weighted by molar-refractivity contribution is 0.299. The molecule has 0 saturated heterocycles. The highest BCUT2D eigenvalue weighted by molar-refractivity contribution is 5.80. The van der Waals surface area contributed by atoms with E-state index in [1.165, 1.54) is 11.1 Å². The van der Waals surface area contributed by atoms with Crippen LogP contribution in [0.3, 0.4) is 0 Å². The van der Waals surface area contributed by atoms with E-state index in [2.05, 4.69) is 67.8 Å². The van der Waals surface area contributed by atoms with Crippen LogP contribution in [0, 0.1) is 6.92 Å². The zero-order valence-electron chi connectivity index (χ0n) is 19.5. The number of aromatic nitrogens is 2. The summed E-state index contributed by atoms with van der Waals surface area (Å²) in [5.41, 5.74) is 5.75. The van der Waals surface area contributed by atoms with E-state index < -0.39 is 0 Å². The Morgan fingerprint density at radius 2 is 1.78 bits per heavy atom. The average molecular weight is 429 g/mol. The number of hydrogen-bond acceptors (Lipinski definition) is 3. The monoisotopic (exact) mass is 428 g/mol. The van der Waals surface area contributed by atoms with Gasteiger partial charge in [0, 0.05) is 12.1 Å². The van der Waals surface area contributed by atoms with Gasteiger partial charge in [0.15, 0.2) is 0 Å². The normalized spacial score (nSPS) is 11.3. The van der Waals surface area contributed by atoms with Crippen LogP contribution < -0.4 is 9.47 Å². The Hall–Kier alpha value is -3.27. The summed E-state index contributed by atoms with van der Waals surface area (Å²) in [5, 5.41) is 0. The lowest BCUT2D eigenvalue weighted by atomic mass is 10.0. The summed E-state index contributed by atoms with van der Waals surface area (Å²) < 4.78 is 13.9. The van der Waals surface area contributed by atoms with Gasteiger partial charge in [-0.15, -0.1) is 0 Å². The summed E-state index contributed by atoms with van der Waals surface area (Å²) in [6.07, 6.45) is 2.00. The van der Waals surface area contributed by atoms with E-state index in [9.17, 15) is 0 Å². The Balaban J connectivity index is 1.47. The highest BCUT2D eigenvalue weighted by Gasteiger charge is 2.13. The van der Waals surface area contributed by atoms with Crippen LogP contribution in [0.2, 0.25) is 0 Å². The number of rotatable bonds is 9. The molecule has 0 bridgehead atoms. The minimum atomic E-state index is 0.452. The van der Waals surface area contributed by atoms with E-state index >= 15 is 0 Å². The van der Waals surface area contributed by atoms with Gasteiger partial charge in [0.25, 0.3) is 0 Å². The SMILES string of the molecule is COc1cccc(-c2nc3ccccc3n2CCCCOc2cc(C)ccc2C(C)C)c1. The largest absolute Gasteiger partial charge is 0.497 e. The fourth-order valence-electron chi connectivity index (χ4n) is 4.08. The molecule has 0 atom stereocenters. The summed E-state index contributed by atoms with van der Waals surface area (Å²) in [6.45, 7) is 8.14. The third-order valence-corrected chi connectivity index (χ3v) is 5.81. The molecule has 4 nitrogen and oxygen atoms in total. The van der Waals surface area contributed by atoms with Crippen LogP contribution in [0.25, 0.3) is 22.4 Å². The van der Waals surface area contributed by atoms with Crippen molar-refractivity contribution in [3.63, 3.8) is 0 Å². The summed E-state index contributed by atoms with van der Waals surface area (Å²) in [7, 11) is 1.70. The van der Waals surface area contributed by atoms with Crippen LogP contribution >= 0.6 is 0 Å². The number of nitrogens with zero attached hydrogens (tertiary/aromatic N) is 2. The van der Waals surface area contributed by atoms with Gasteiger partial charge in [0.1, 0.15) is 17.3 Å². The number of unbranched alkanes of at least 4 members (excludes halogenated alkanes) is 1. The van der Waals surface area contributed by atoms with Crippen molar-refractivity contribution in [1.29, 1.82) is 0 Å². The maximum absolute atomic E-state index is 6.19. The number of aryl methyl sites for hydroxylation is 2. The van der Waals surface area contributed by atoms with E-state index in [4.69, 9.17) is 14.5 Å².